The molecule has 0 aromatic rings. The summed E-state index contributed by atoms with van der Waals surface area (Å²) in [5.74, 6) is 1.81. The Labute approximate surface area is 148 Å². The summed E-state index contributed by atoms with van der Waals surface area (Å²) in [5, 5.41) is 0. The molecule has 2 heteroatoms. The zero-order chi connectivity index (χ0) is 17.0. The summed E-state index contributed by atoms with van der Waals surface area (Å²) in [6, 6.07) is 0. The molecule has 0 aromatic carbocycles. The van der Waals surface area contributed by atoms with Crippen LogP contribution in [0.25, 0.3) is 0 Å². The van der Waals surface area contributed by atoms with Crippen LogP contribution >= 0.6 is 0 Å². The Morgan fingerprint density at radius 3 is 2.50 bits per heavy atom. The molecule has 1 unspecified atom stereocenters. The number of hydrogen-bond donors (Lipinski definition) is 0. The fourth-order valence-corrected chi connectivity index (χ4v) is 4.24. The second kappa shape index (κ2) is 11.8. The van der Waals surface area contributed by atoms with Gasteiger partial charge in [-0.15, -0.1) is 0 Å². The zero-order valence-electron chi connectivity index (χ0n) is 15.6. The predicted octanol–water partition coefficient (Wildman–Crippen LogP) is 6.78. The monoisotopic (exact) mass is 336 g/mol. The molecular formula is C22H37FO. The van der Waals surface area contributed by atoms with Crippen molar-refractivity contribution in [1.29, 1.82) is 0 Å². The van der Waals surface area contributed by atoms with Crippen molar-refractivity contribution in [2.45, 2.75) is 89.6 Å². The first-order chi connectivity index (χ1) is 11.8. The molecule has 2 aliphatic carbocycles. The summed E-state index contributed by atoms with van der Waals surface area (Å²) in [6.07, 6.45) is 23.5. The van der Waals surface area contributed by atoms with Crippen molar-refractivity contribution in [3.63, 3.8) is 0 Å². The smallest absolute Gasteiger partial charge is 0.0897 e. The first-order valence-electron chi connectivity index (χ1n) is 10.2. The summed E-state index contributed by atoms with van der Waals surface area (Å²) >= 11 is 0. The quantitative estimate of drug-likeness (QED) is 0.315. The van der Waals surface area contributed by atoms with Crippen LogP contribution in [0.5, 0.6) is 0 Å². The summed E-state index contributed by atoms with van der Waals surface area (Å²) < 4.78 is 17.5. The molecule has 0 aromatic heterocycles. The van der Waals surface area contributed by atoms with E-state index in [1.165, 1.54) is 70.6 Å². The maximum Gasteiger partial charge on any atom is 0.0897 e. The molecule has 2 rings (SSSR count). The number of unbranched alkanes of at least 4 members (excludes halogenated alkanes) is 1. The van der Waals surface area contributed by atoms with E-state index in [0.29, 0.717) is 12.5 Å². The highest BCUT2D eigenvalue weighted by molar-refractivity contribution is 5.07. The van der Waals surface area contributed by atoms with Gasteiger partial charge in [-0.25, -0.2) is 0 Å². The minimum absolute atomic E-state index is 0.186. The number of ether oxygens (including phenoxy) is 1. The summed E-state index contributed by atoms with van der Waals surface area (Å²) in [7, 11) is 1.86. The Hall–Kier alpha value is -0.630. The first-order valence-corrected chi connectivity index (χ1v) is 10.2. The van der Waals surface area contributed by atoms with E-state index in [1.807, 2.05) is 7.11 Å². The third kappa shape index (κ3) is 7.51. The Kier molecular flexibility index (Phi) is 9.72. The van der Waals surface area contributed by atoms with Crippen molar-refractivity contribution >= 4 is 0 Å². The van der Waals surface area contributed by atoms with Crippen LogP contribution in [0, 0.1) is 11.8 Å². The molecule has 1 atom stereocenters. The van der Waals surface area contributed by atoms with Crippen LogP contribution in [0.15, 0.2) is 23.8 Å². The van der Waals surface area contributed by atoms with Crippen molar-refractivity contribution in [2.75, 3.05) is 13.8 Å². The van der Waals surface area contributed by atoms with Crippen molar-refractivity contribution in [3.8, 4) is 0 Å². The van der Waals surface area contributed by atoms with E-state index in [2.05, 4.69) is 18.2 Å². The predicted molar refractivity (Wildman–Crippen MR) is 101 cm³/mol. The molecule has 0 spiro atoms. The highest BCUT2D eigenvalue weighted by Gasteiger charge is 2.21. The molecule has 1 fully saturated rings. The average molecular weight is 337 g/mol. The van der Waals surface area contributed by atoms with Crippen LogP contribution in [0.4, 0.5) is 4.39 Å². The normalized spacial score (nSPS) is 28.2. The van der Waals surface area contributed by atoms with E-state index < -0.39 is 0 Å². The molecule has 0 heterocycles. The van der Waals surface area contributed by atoms with Crippen LogP contribution in [0.2, 0.25) is 0 Å². The van der Waals surface area contributed by atoms with Gasteiger partial charge in [-0.2, -0.15) is 0 Å². The number of allylic oxidation sites excluding steroid dienone is 4. The molecule has 0 aliphatic heterocycles. The van der Waals surface area contributed by atoms with E-state index in [4.69, 9.17) is 4.74 Å². The Morgan fingerprint density at radius 2 is 1.83 bits per heavy atom. The van der Waals surface area contributed by atoms with Crippen LogP contribution in [0.1, 0.15) is 83.5 Å². The zero-order valence-corrected chi connectivity index (χ0v) is 15.6. The third-order valence-corrected chi connectivity index (χ3v) is 6.03. The van der Waals surface area contributed by atoms with Gasteiger partial charge in [0.2, 0.25) is 0 Å². The lowest BCUT2D eigenvalue weighted by Gasteiger charge is -2.28. The van der Waals surface area contributed by atoms with Gasteiger partial charge in [0.05, 0.1) is 12.8 Å². The molecule has 2 aliphatic rings. The molecule has 0 bridgehead atoms. The Balaban J connectivity index is 1.55. The largest absolute Gasteiger partial charge is 0.381 e. The molecule has 0 saturated heterocycles. The second-order valence-corrected chi connectivity index (χ2v) is 7.80. The first kappa shape index (κ1) is 19.7. The summed E-state index contributed by atoms with van der Waals surface area (Å²) in [4.78, 5) is 0. The fourth-order valence-electron chi connectivity index (χ4n) is 4.24. The van der Waals surface area contributed by atoms with Gasteiger partial charge in [0.15, 0.2) is 0 Å². The lowest BCUT2D eigenvalue weighted by Crippen LogP contribution is -2.20. The Morgan fingerprint density at radius 1 is 1.04 bits per heavy atom. The molecule has 138 valence electrons. The van der Waals surface area contributed by atoms with Gasteiger partial charge < -0.3 is 4.74 Å². The molecule has 24 heavy (non-hydrogen) atoms. The van der Waals surface area contributed by atoms with E-state index in [0.717, 1.165) is 18.3 Å². The standard InChI is InChI=1S/C22H37FO/c1-24-22-16-14-21(15-17-22)13-12-20-10-8-19(9-11-20)7-5-3-2-4-6-18-23/h2-3,10,19,21-22H,4-9,11-18H2,1H3/b3-2+/t19?,21-,22-. The molecule has 1 saturated carbocycles. The average Bonchev–Trinajstić information content (AvgIpc) is 2.64. The third-order valence-electron chi connectivity index (χ3n) is 6.03. The van der Waals surface area contributed by atoms with Gasteiger partial charge in [-0.05, 0) is 95.3 Å². The number of hydrogen-bond acceptors (Lipinski definition) is 1. The maximum absolute atomic E-state index is 12.0. The SMILES string of the molecule is CO[C@H]1CC[C@H](CCC2=CCC(CC/C=C/CCCF)CC2)CC1. The van der Waals surface area contributed by atoms with E-state index in [-0.39, 0.29) is 6.67 Å². The van der Waals surface area contributed by atoms with E-state index in [9.17, 15) is 4.39 Å². The molecule has 0 radical (unpaired) electrons. The van der Waals surface area contributed by atoms with Crippen molar-refractivity contribution in [2.24, 2.45) is 11.8 Å². The fraction of sp³-hybridized carbons (Fsp3) is 0.818. The molecular weight excluding hydrogens is 299 g/mol. The van der Waals surface area contributed by atoms with Crippen molar-refractivity contribution < 1.29 is 9.13 Å². The van der Waals surface area contributed by atoms with Crippen LogP contribution in [0.3, 0.4) is 0 Å². The number of alkyl halides is 1. The lowest BCUT2D eigenvalue weighted by atomic mass is 9.81. The minimum Gasteiger partial charge on any atom is -0.381 e. The van der Waals surface area contributed by atoms with Gasteiger partial charge in [0, 0.05) is 7.11 Å². The van der Waals surface area contributed by atoms with Gasteiger partial charge in [-0.1, -0.05) is 23.8 Å². The highest BCUT2D eigenvalue weighted by atomic mass is 19.1. The van der Waals surface area contributed by atoms with Crippen LogP contribution < -0.4 is 0 Å². The molecule has 0 amide bonds. The van der Waals surface area contributed by atoms with Gasteiger partial charge in [-0.3, -0.25) is 4.39 Å². The van der Waals surface area contributed by atoms with Crippen LogP contribution in [-0.2, 0) is 4.74 Å². The van der Waals surface area contributed by atoms with E-state index in [1.54, 1.807) is 5.57 Å². The minimum atomic E-state index is -0.186. The summed E-state index contributed by atoms with van der Waals surface area (Å²) in [6.45, 7) is -0.186. The number of methoxy groups -OCH3 is 1. The second-order valence-electron chi connectivity index (χ2n) is 7.80. The molecule has 1 nitrogen and oxygen atoms in total. The van der Waals surface area contributed by atoms with Gasteiger partial charge >= 0.3 is 0 Å². The maximum atomic E-state index is 12.0. The Bertz CT molecular complexity index is 379. The molecule has 0 N–H and O–H groups in total. The summed E-state index contributed by atoms with van der Waals surface area (Å²) in [5.41, 5.74) is 1.72. The van der Waals surface area contributed by atoms with Crippen LogP contribution in [-0.4, -0.2) is 19.9 Å². The van der Waals surface area contributed by atoms with Gasteiger partial charge in [0.25, 0.3) is 0 Å². The van der Waals surface area contributed by atoms with Crippen molar-refractivity contribution in [1.82, 2.24) is 0 Å². The lowest BCUT2D eigenvalue weighted by molar-refractivity contribution is 0.0556. The van der Waals surface area contributed by atoms with E-state index >= 15 is 0 Å². The highest BCUT2D eigenvalue weighted by Crippen LogP contribution is 2.33. The van der Waals surface area contributed by atoms with Crippen molar-refractivity contribution in [3.05, 3.63) is 23.8 Å². The van der Waals surface area contributed by atoms with Gasteiger partial charge in [0.1, 0.15) is 0 Å². The number of halogens is 1. The number of rotatable bonds is 10. The topological polar surface area (TPSA) is 9.23 Å².